The van der Waals surface area contributed by atoms with Crippen LogP contribution in [-0.2, 0) is 4.79 Å². The molecule has 3 rings (SSSR count). The van der Waals surface area contributed by atoms with E-state index >= 15 is 0 Å². The molecule has 1 fully saturated rings. The fraction of sp³-hybridized carbons (Fsp3) is 0.0588. The molecule has 23 heavy (non-hydrogen) atoms. The van der Waals surface area contributed by atoms with Gasteiger partial charge in [-0.2, -0.15) is 0 Å². The Morgan fingerprint density at radius 3 is 2.70 bits per heavy atom. The number of amides is 1. The summed E-state index contributed by atoms with van der Waals surface area (Å²) in [5, 5.41) is 1.10. The second kappa shape index (κ2) is 6.65. The summed E-state index contributed by atoms with van der Waals surface area (Å²) in [5.74, 6) is -0.151. The van der Waals surface area contributed by atoms with Gasteiger partial charge in [0.05, 0.1) is 10.6 Å². The zero-order valence-electron chi connectivity index (χ0n) is 12.0. The van der Waals surface area contributed by atoms with Crippen LogP contribution in [-0.4, -0.2) is 10.2 Å². The first-order valence-corrected chi connectivity index (χ1v) is 8.73. The molecule has 2 nitrogen and oxygen atoms in total. The SMILES string of the molecule is Cc1cccc(N2C(=O)/C(=C/c3cc(Cl)ccc3Cl)SC2=S)c1. The van der Waals surface area contributed by atoms with Crippen LogP contribution in [0, 0.1) is 6.92 Å². The van der Waals surface area contributed by atoms with E-state index in [4.69, 9.17) is 35.4 Å². The number of hydrogen-bond donors (Lipinski definition) is 0. The Balaban J connectivity index is 1.98. The van der Waals surface area contributed by atoms with Crippen molar-refractivity contribution in [1.29, 1.82) is 0 Å². The molecule has 0 atom stereocenters. The topological polar surface area (TPSA) is 20.3 Å². The maximum Gasteiger partial charge on any atom is 0.270 e. The molecule has 116 valence electrons. The molecule has 1 heterocycles. The standard InChI is InChI=1S/C17H11Cl2NOS2/c1-10-3-2-4-13(7-10)20-16(21)15(23-17(20)22)9-11-8-12(18)5-6-14(11)19/h2-9H,1H3/b15-9-. The lowest BCUT2D eigenvalue weighted by molar-refractivity contribution is -0.113. The van der Waals surface area contributed by atoms with Gasteiger partial charge < -0.3 is 0 Å². The van der Waals surface area contributed by atoms with Gasteiger partial charge in [0.25, 0.3) is 5.91 Å². The highest BCUT2D eigenvalue weighted by Crippen LogP contribution is 2.37. The van der Waals surface area contributed by atoms with Crippen molar-refractivity contribution in [2.24, 2.45) is 0 Å². The summed E-state index contributed by atoms with van der Waals surface area (Å²) in [7, 11) is 0. The third kappa shape index (κ3) is 3.45. The number of anilines is 1. The molecule has 0 N–H and O–H groups in total. The van der Waals surface area contributed by atoms with E-state index in [1.165, 1.54) is 16.7 Å². The number of carbonyl (C=O) groups is 1. The number of nitrogens with zero attached hydrogens (tertiary/aromatic N) is 1. The molecule has 0 aromatic heterocycles. The van der Waals surface area contributed by atoms with E-state index < -0.39 is 0 Å². The van der Waals surface area contributed by atoms with Crippen LogP contribution in [0.4, 0.5) is 5.69 Å². The van der Waals surface area contributed by atoms with Gasteiger partial charge in [0.15, 0.2) is 4.32 Å². The van der Waals surface area contributed by atoms with Crippen molar-refractivity contribution in [3.05, 3.63) is 68.5 Å². The first-order valence-electron chi connectivity index (χ1n) is 6.75. The molecule has 2 aromatic carbocycles. The highest BCUT2D eigenvalue weighted by Gasteiger charge is 2.33. The third-order valence-corrected chi connectivity index (χ3v) is 5.18. The summed E-state index contributed by atoms with van der Waals surface area (Å²) in [6.45, 7) is 1.97. The third-order valence-electron chi connectivity index (χ3n) is 3.30. The Bertz CT molecular complexity index is 848. The van der Waals surface area contributed by atoms with Crippen molar-refractivity contribution in [3.8, 4) is 0 Å². The van der Waals surface area contributed by atoms with Crippen LogP contribution < -0.4 is 4.90 Å². The van der Waals surface area contributed by atoms with E-state index in [0.717, 1.165) is 11.3 Å². The Morgan fingerprint density at radius 1 is 1.17 bits per heavy atom. The average molecular weight is 380 g/mol. The van der Waals surface area contributed by atoms with E-state index in [0.29, 0.717) is 24.8 Å². The molecule has 6 heteroatoms. The highest BCUT2D eigenvalue weighted by molar-refractivity contribution is 8.27. The van der Waals surface area contributed by atoms with Gasteiger partial charge in [-0.3, -0.25) is 9.69 Å². The molecule has 0 unspecified atom stereocenters. The molecule has 0 bridgehead atoms. The number of halogens is 2. The lowest BCUT2D eigenvalue weighted by Crippen LogP contribution is -2.27. The predicted octanol–water partition coefficient (Wildman–Crippen LogP) is 5.71. The largest absolute Gasteiger partial charge is 0.270 e. The summed E-state index contributed by atoms with van der Waals surface area (Å²) < 4.78 is 0.505. The summed E-state index contributed by atoms with van der Waals surface area (Å²) in [6, 6.07) is 12.8. The molecule has 0 radical (unpaired) electrons. The molecule has 1 aliphatic heterocycles. The van der Waals surface area contributed by atoms with Gasteiger partial charge in [0.2, 0.25) is 0 Å². The van der Waals surface area contributed by atoms with Crippen LogP contribution in [0.2, 0.25) is 10.0 Å². The Kier molecular flexibility index (Phi) is 4.78. The van der Waals surface area contributed by atoms with E-state index in [-0.39, 0.29) is 5.91 Å². The van der Waals surface area contributed by atoms with Crippen LogP contribution in [0.15, 0.2) is 47.4 Å². The minimum atomic E-state index is -0.151. The maximum atomic E-state index is 12.7. The van der Waals surface area contributed by atoms with Crippen LogP contribution in [0.25, 0.3) is 6.08 Å². The Morgan fingerprint density at radius 2 is 1.96 bits per heavy atom. The van der Waals surface area contributed by atoms with Crippen LogP contribution in [0.5, 0.6) is 0 Å². The van der Waals surface area contributed by atoms with Crippen molar-refractivity contribution in [3.63, 3.8) is 0 Å². The summed E-state index contributed by atoms with van der Waals surface area (Å²) >= 11 is 18.8. The molecular weight excluding hydrogens is 369 g/mol. The van der Waals surface area contributed by atoms with Gasteiger partial charge in [0, 0.05) is 10.0 Å². The zero-order chi connectivity index (χ0) is 16.6. The fourth-order valence-electron chi connectivity index (χ4n) is 2.22. The molecule has 1 aliphatic rings. The second-order valence-corrected chi connectivity index (χ2v) is 7.54. The smallest absolute Gasteiger partial charge is 0.268 e. The summed E-state index contributed by atoms with van der Waals surface area (Å²) in [4.78, 5) is 14.8. The van der Waals surface area contributed by atoms with Crippen LogP contribution >= 0.6 is 47.2 Å². The van der Waals surface area contributed by atoms with Crippen molar-refractivity contribution >= 4 is 69.2 Å². The van der Waals surface area contributed by atoms with Gasteiger partial charge in [-0.25, -0.2) is 0 Å². The molecule has 0 aliphatic carbocycles. The number of benzene rings is 2. The number of aryl methyl sites for hydroxylation is 1. The fourth-order valence-corrected chi connectivity index (χ4v) is 3.87. The van der Waals surface area contributed by atoms with Gasteiger partial charge in [-0.1, -0.05) is 59.3 Å². The molecule has 0 spiro atoms. The summed E-state index contributed by atoms with van der Waals surface area (Å²) in [5.41, 5.74) is 2.54. The molecular formula is C17H11Cl2NOS2. The van der Waals surface area contributed by atoms with Crippen molar-refractivity contribution in [1.82, 2.24) is 0 Å². The number of rotatable bonds is 2. The second-order valence-electron chi connectivity index (χ2n) is 5.02. The van der Waals surface area contributed by atoms with Crippen LogP contribution in [0.1, 0.15) is 11.1 Å². The van der Waals surface area contributed by atoms with E-state index in [1.807, 2.05) is 31.2 Å². The maximum absolute atomic E-state index is 12.7. The first kappa shape index (κ1) is 16.5. The highest BCUT2D eigenvalue weighted by atomic mass is 35.5. The van der Waals surface area contributed by atoms with Gasteiger partial charge in [-0.05, 0) is 54.5 Å². The van der Waals surface area contributed by atoms with Gasteiger partial charge >= 0.3 is 0 Å². The number of hydrogen-bond acceptors (Lipinski definition) is 3. The van der Waals surface area contributed by atoms with Gasteiger partial charge in [-0.15, -0.1) is 0 Å². The number of thioether (sulfide) groups is 1. The minimum Gasteiger partial charge on any atom is -0.268 e. The predicted molar refractivity (Wildman–Crippen MR) is 103 cm³/mol. The first-order chi connectivity index (χ1) is 11.0. The van der Waals surface area contributed by atoms with Gasteiger partial charge in [0.1, 0.15) is 0 Å². The normalized spacial score (nSPS) is 16.5. The molecule has 1 saturated heterocycles. The lowest BCUT2D eigenvalue weighted by atomic mass is 10.2. The van der Waals surface area contributed by atoms with Crippen LogP contribution in [0.3, 0.4) is 0 Å². The van der Waals surface area contributed by atoms with Crippen molar-refractivity contribution in [2.45, 2.75) is 6.92 Å². The quantitative estimate of drug-likeness (QED) is 0.492. The Hall–Kier alpha value is -1.33. The molecule has 0 saturated carbocycles. The number of carbonyl (C=O) groups excluding carboxylic acids is 1. The number of thiocarbonyl (C=S) groups is 1. The summed E-state index contributed by atoms with van der Waals surface area (Å²) in [6.07, 6.45) is 1.73. The lowest BCUT2D eigenvalue weighted by Gasteiger charge is -2.14. The molecule has 1 amide bonds. The minimum absolute atomic E-state index is 0.151. The van der Waals surface area contributed by atoms with E-state index in [2.05, 4.69) is 0 Å². The van der Waals surface area contributed by atoms with E-state index in [9.17, 15) is 4.79 Å². The van der Waals surface area contributed by atoms with Crippen molar-refractivity contribution < 1.29 is 4.79 Å². The Labute approximate surface area is 154 Å². The zero-order valence-corrected chi connectivity index (χ0v) is 15.2. The van der Waals surface area contributed by atoms with E-state index in [1.54, 1.807) is 24.3 Å². The average Bonchev–Trinajstić information content (AvgIpc) is 2.77. The monoisotopic (exact) mass is 379 g/mol. The van der Waals surface area contributed by atoms with Crippen molar-refractivity contribution in [2.75, 3.05) is 4.90 Å². The molecule has 2 aromatic rings.